The SMILES string of the molecule is CC(C)(C)c1ccc(-c2nc3c4cnn(-c5cccc(Cl)c5)c4ncn3n2)cc1. The number of nitrogens with zero attached hydrogens (tertiary/aromatic N) is 6. The van der Waals surface area contributed by atoms with Crippen molar-refractivity contribution in [3.8, 4) is 17.1 Å². The number of fused-ring (bicyclic) bond motifs is 3. The molecule has 0 aliphatic heterocycles. The standard InChI is InChI=1S/C22H19ClN6/c1-22(2,3)15-9-7-14(8-10-15)19-26-21-18-12-25-29(17-6-4-5-16(23)11-17)20(18)24-13-28(21)27-19/h4-13H,1-3H3. The topological polar surface area (TPSA) is 60.9 Å². The van der Waals surface area contributed by atoms with Crippen LogP contribution in [0.5, 0.6) is 0 Å². The van der Waals surface area contributed by atoms with E-state index >= 15 is 0 Å². The Morgan fingerprint density at radius 1 is 0.966 bits per heavy atom. The first-order chi connectivity index (χ1) is 13.9. The Kier molecular flexibility index (Phi) is 3.93. The van der Waals surface area contributed by atoms with E-state index < -0.39 is 0 Å². The molecule has 3 aromatic heterocycles. The molecule has 7 heteroatoms. The van der Waals surface area contributed by atoms with Crippen LogP contribution in [0.2, 0.25) is 5.02 Å². The van der Waals surface area contributed by atoms with E-state index in [-0.39, 0.29) is 5.41 Å². The zero-order valence-corrected chi connectivity index (χ0v) is 17.1. The summed E-state index contributed by atoms with van der Waals surface area (Å²) in [7, 11) is 0. The van der Waals surface area contributed by atoms with Crippen molar-refractivity contribution in [2.75, 3.05) is 0 Å². The van der Waals surface area contributed by atoms with Crippen molar-refractivity contribution < 1.29 is 0 Å². The minimum absolute atomic E-state index is 0.107. The number of halogens is 1. The predicted octanol–water partition coefficient (Wildman–Crippen LogP) is 5.08. The molecular formula is C22H19ClN6. The minimum Gasteiger partial charge on any atom is -0.216 e. The van der Waals surface area contributed by atoms with Crippen LogP contribution in [0.25, 0.3) is 33.8 Å². The summed E-state index contributed by atoms with van der Waals surface area (Å²) in [6.45, 7) is 6.60. The first-order valence-corrected chi connectivity index (χ1v) is 9.74. The second-order valence-corrected chi connectivity index (χ2v) is 8.49. The molecule has 0 aliphatic rings. The van der Waals surface area contributed by atoms with Gasteiger partial charge in [0.2, 0.25) is 0 Å². The Labute approximate surface area is 172 Å². The summed E-state index contributed by atoms with van der Waals surface area (Å²) in [4.78, 5) is 9.31. The fourth-order valence-corrected chi connectivity index (χ4v) is 3.54. The molecule has 0 saturated heterocycles. The third kappa shape index (κ3) is 3.06. The molecule has 0 saturated carbocycles. The van der Waals surface area contributed by atoms with Crippen molar-refractivity contribution in [1.82, 2.24) is 29.4 Å². The van der Waals surface area contributed by atoms with E-state index in [4.69, 9.17) is 16.6 Å². The van der Waals surface area contributed by atoms with Crippen molar-refractivity contribution in [2.24, 2.45) is 0 Å². The number of hydrogen-bond acceptors (Lipinski definition) is 4. The molecule has 0 bridgehead atoms. The molecule has 6 nitrogen and oxygen atoms in total. The summed E-state index contributed by atoms with van der Waals surface area (Å²) in [5, 5.41) is 10.6. The number of aromatic nitrogens is 6. The van der Waals surface area contributed by atoms with Gasteiger partial charge < -0.3 is 0 Å². The van der Waals surface area contributed by atoms with Gasteiger partial charge in [0.05, 0.1) is 17.3 Å². The van der Waals surface area contributed by atoms with E-state index in [1.807, 2.05) is 24.3 Å². The lowest BCUT2D eigenvalue weighted by Crippen LogP contribution is -2.10. The lowest BCUT2D eigenvalue weighted by atomic mass is 9.87. The predicted molar refractivity (Wildman–Crippen MR) is 115 cm³/mol. The Balaban J connectivity index is 1.61. The van der Waals surface area contributed by atoms with Crippen LogP contribution in [0.4, 0.5) is 0 Å². The molecule has 0 fully saturated rings. The van der Waals surface area contributed by atoms with Gasteiger partial charge in [0, 0.05) is 10.6 Å². The number of rotatable bonds is 2. The Hall–Kier alpha value is -3.25. The van der Waals surface area contributed by atoms with E-state index in [0.717, 1.165) is 22.3 Å². The van der Waals surface area contributed by atoms with Crippen molar-refractivity contribution in [1.29, 1.82) is 0 Å². The summed E-state index contributed by atoms with van der Waals surface area (Å²) in [6.07, 6.45) is 3.43. The third-order valence-corrected chi connectivity index (χ3v) is 5.20. The molecule has 5 rings (SSSR count). The Bertz CT molecular complexity index is 1340. The molecule has 2 aromatic carbocycles. The van der Waals surface area contributed by atoms with Crippen LogP contribution in [0.3, 0.4) is 0 Å². The first-order valence-electron chi connectivity index (χ1n) is 9.36. The van der Waals surface area contributed by atoms with E-state index in [2.05, 4.69) is 60.2 Å². The maximum Gasteiger partial charge on any atom is 0.182 e. The summed E-state index contributed by atoms with van der Waals surface area (Å²) in [6, 6.07) is 15.9. The monoisotopic (exact) mass is 402 g/mol. The quantitative estimate of drug-likeness (QED) is 0.413. The van der Waals surface area contributed by atoms with Gasteiger partial charge in [-0.15, -0.1) is 5.10 Å². The maximum atomic E-state index is 6.13. The average Bonchev–Trinajstić information content (AvgIpc) is 3.31. The number of benzene rings is 2. The molecule has 29 heavy (non-hydrogen) atoms. The number of hydrogen-bond donors (Lipinski definition) is 0. The highest BCUT2D eigenvalue weighted by Crippen LogP contribution is 2.26. The van der Waals surface area contributed by atoms with Crippen LogP contribution in [-0.2, 0) is 5.41 Å². The van der Waals surface area contributed by atoms with E-state index in [9.17, 15) is 0 Å². The smallest absolute Gasteiger partial charge is 0.182 e. The van der Waals surface area contributed by atoms with Gasteiger partial charge in [-0.05, 0) is 29.2 Å². The molecule has 0 N–H and O–H groups in total. The van der Waals surface area contributed by atoms with Gasteiger partial charge in [-0.1, -0.05) is 62.7 Å². The van der Waals surface area contributed by atoms with Gasteiger partial charge in [0.1, 0.15) is 6.33 Å². The van der Waals surface area contributed by atoms with Crippen LogP contribution in [-0.4, -0.2) is 29.4 Å². The fraction of sp³-hybridized carbons (Fsp3) is 0.182. The first kappa shape index (κ1) is 17.8. The molecule has 144 valence electrons. The van der Waals surface area contributed by atoms with E-state index in [0.29, 0.717) is 16.5 Å². The Morgan fingerprint density at radius 3 is 2.48 bits per heavy atom. The highest BCUT2D eigenvalue weighted by Gasteiger charge is 2.16. The molecule has 0 aliphatic carbocycles. The minimum atomic E-state index is 0.107. The highest BCUT2D eigenvalue weighted by atomic mass is 35.5. The van der Waals surface area contributed by atoms with Crippen LogP contribution >= 0.6 is 11.6 Å². The van der Waals surface area contributed by atoms with Gasteiger partial charge in [0.15, 0.2) is 17.1 Å². The second kappa shape index (κ2) is 6.39. The summed E-state index contributed by atoms with van der Waals surface area (Å²) < 4.78 is 3.45. The van der Waals surface area contributed by atoms with Crippen LogP contribution < -0.4 is 0 Å². The molecule has 0 atom stereocenters. The fourth-order valence-electron chi connectivity index (χ4n) is 3.36. The highest BCUT2D eigenvalue weighted by molar-refractivity contribution is 6.30. The third-order valence-electron chi connectivity index (χ3n) is 4.97. The normalized spacial score (nSPS) is 12.1. The Morgan fingerprint density at radius 2 is 1.76 bits per heavy atom. The molecule has 0 spiro atoms. The largest absolute Gasteiger partial charge is 0.216 e. The van der Waals surface area contributed by atoms with Crippen LogP contribution in [0.1, 0.15) is 26.3 Å². The maximum absolute atomic E-state index is 6.13. The summed E-state index contributed by atoms with van der Waals surface area (Å²) >= 11 is 6.13. The van der Waals surface area contributed by atoms with Gasteiger partial charge in [0.25, 0.3) is 0 Å². The van der Waals surface area contributed by atoms with E-state index in [1.165, 1.54) is 5.56 Å². The van der Waals surface area contributed by atoms with Crippen molar-refractivity contribution >= 4 is 28.3 Å². The van der Waals surface area contributed by atoms with Gasteiger partial charge in [-0.2, -0.15) is 5.10 Å². The second-order valence-electron chi connectivity index (χ2n) is 8.05. The lowest BCUT2D eigenvalue weighted by molar-refractivity contribution is 0.590. The zero-order valence-electron chi connectivity index (χ0n) is 16.3. The lowest BCUT2D eigenvalue weighted by Gasteiger charge is -2.18. The van der Waals surface area contributed by atoms with Gasteiger partial charge in [-0.3, -0.25) is 0 Å². The van der Waals surface area contributed by atoms with Crippen molar-refractivity contribution in [3.05, 3.63) is 71.6 Å². The van der Waals surface area contributed by atoms with E-state index in [1.54, 1.807) is 21.7 Å². The average molecular weight is 403 g/mol. The summed E-state index contributed by atoms with van der Waals surface area (Å²) in [5.41, 5.74) is 4.63. The van der Waals surface area contributed by atoms with Gasteiger partial charge in [-0.25, -0.2) is 19.2 Å². The van der Waals surface area contributed by atoms with Gasteiger partial charge >= 0.3 is 0 Å². The summed E-state index contributed by atoms with van der Waals surface area (Å²) in [5.74, 6) is 0.662. The van der Waals surface area contributed by atoms with Crippen LogP contribution in [0, 0.1) is 0 Å². The molecule has 5 aromatic rings. The molecule has 3 heterocycles. The zero-order chi connectivity index (χ0) is 20.2. The van der Waals surface area contributed by atoms with Crippen LogP contribution in [0.15, 0.2) is 61.1 Å². The molecular weight excluding hydrogens is 384 g/mol. The van der Waals surface area contributed by atoms with Crippen molar-refractivity contribution in [3.63, 3.8) is 0 Å². The molecule has 0 amide bonds. The molecule has 0 unspecified atom stereocenters. The molecule has 0 radical (unpaired) electrons. The van der Waals surface area contributed by atoms with Crippen molar-refractivity contribution in [2.45, 2.75) is 26.2 Å².